The highest BCUT2D eigenvalue weighted by molar-refractivity contribution is 5.92. The van der Waals surface area contributed by atoms with Gasteiger partial charge >= 0.3 is 6.03 Å². The van der Waals surface area contributed by atoms with E-state index in [0.29, 0.717) is 16.7 Å². The molecule has 22 heavy (non-hydrogen) atoms. The number of urea groups is 1. The summed E-state index contributed by atoms with van der Waals surface area (Å²) in [6, 6.07) is 2.62. The number of pyridine rings is 1. The first-order valence-electron chi connectivity index (χ1n) is 5.97. The first kappa shape index (κ1) is 14.8. The van der Waals surface area contributed by atoms with Crippen LogP contribution in [0.3, 0.4) is 0 Å². The van der Waals surface area contributed by atoms with Gasteiger partial charge in [-0.1, -0.05) is 0 Å². The lowest BCUT2D eigenvalue weighted by molar-refractivity contribution is 0.1000. The number of carbonyl (C=O) groups is 2. The molecule has 0 unspecified atom stereocenters. The molecule has 0 spiro atoms. The molecule has 0 aliphatic heterocycles. The van der Waals surface area contributed by atoms with E-state index in [4.69, 9.17) is 11.5 Å². The van der Waals surface area contributed by atoms with Gasteiger partial charge in [0.05, 0.1) is 11.8 Å². The first-order chi connectivity index (χ1) is 10.6. The van der Waals surface area contributed by atoms with Gasteiger partial charge in [-0.3, -0.25) is 9.78 Å². The van der Waals surface area contributed by atoms with Crippen molar-refractivity contribution in [2.24, 2.45) is 11.5 Å². The fourth-order valence-electron chi connectivity index (χ4n) is 1.48. The molecule has 10 heteroatoms. The topological polar surface area (TPSA) is 155 Å². The van der Waals surface area contributed by atoms with Crippen molar-refractivity contribution in [1.82, 2.24) is 24.6 Å². The molecule has 0 saturated carbocycles. The molecule has 0 aliphatic rings. The summed E-state index contributed by atoms with van der Waals surface area (Å²) in [5, 5.41) is 0. The molecule has 3 amide bonds. The smallest absolute Gasteiger partial charge is 0.331 e. The Morgan fingerprint density at radius 3 is 2.55 bits per heavy atom. The Morgan fingerprint density at radius 2 is 1.95 bits per heavy atom. The van der Waals surface area contributed by atoms with Crippen LogP contribution in [0.1, 0.15) is 10.4 Å². The molecule has 10 nitrogen and oxygen atoms in total. The van der Waals surface area contributed by atoms with Crippen molar-refractivity contribution in [1.29, 1.82) is 0 Å². The minimum Gasteiger partial charge on any atom is -0.366 e. The Balaban J connectivity index is 0.000000172. The number of hydrogen-bond donors (Lipinski definition) is 3. The Bertz CT molecular complexity index is 786. The number of hydrogen-bond acceptors (Lipinski definition) is 6. The van der Waals surface area contributed by atoms with Crippen LogP contribution >= 0.6 is 0 Å². The largest absolute Gasteiger partial charge is 0.366 e. The lowest BCUT2D eigenvalue weighted by atomic mass is 10.3. The average Bonchev–Trinajstić information content (AvgIpc) is 2.91. The Labute approximate surface area is 124 Å². The average molecular weight is 300 g/mol. The SMILES string of the molecule is NC(=O)Nn1cnc2cncnc21.NC(=O)c1cccnc1. The summed E-state index contributed by atoms with van der Waals surface area (Å²) in [6.07, 6.45) is 7.34. The van der Waals surface area contributed by atoms with E-state index in [9.17, 15) is 9.59 Å². The van der Waals surface area contributed by atoms with Crippen LogP contribution in [0.15, 0.2) is 43.4 Å². The zero-order valence-corrected chi connectivity index (χ0v) is 11.2. The molecular formula is C12H12N8O2. The third-order valence-electron chi connectivity index (χ3n) is 2.39. The number of nitrogens with one attached hydrogen (secondary N) is 1. The number of fused-ring (bicyclic) bond motifs is 1. The monoisotopic (exact) mass is 300 g/mol. The van der Waals surface area contributed by atoms with Crippen molar-refractivity contribution in [2.75, 3.05) is 5.43 Å². The Hall–Kier alpha value is -3.56. The highest BCUT2D eigenvalue weighted by Gasteiger charge is 2.03. The molecule has 5 N–H and O–H groups in total. The van der Waals surface area contributed by atoms with E-state index in [1.807, 2.05) is 0 Å². The predicted molar refractivity (Wildman–Crippen MR) is 77.0 cm³/mol. The van der Waals surface area contributed by atoms with Crippen molar-refractivity contribution >= 4 is 23.1 Å². The molecule has 3 aromatic rings. The van der Waals surface area contributed by atoms with Gasteiger partial charge in [0.15, 0.2) is 5.65 Å². The zero-order chi connectivity index (χ0) is 15.9. The number of nitrogens with zero attached hydrogens (tertiary/aromatic N) is 5. The van der Waals surface area contributed by atoms with Crippen molar-refractivity contribution in [3.05, 3.63) is 48.9 Å². The molecule has 0 radical (unpaired) electrons. The number of rotatable bonds is 2. The van der Waals surface area contributed by atoms with Gasteiger partial charge in [0, 0.05) is 12.4 Å². The molecule has 3 aromatic heterocycles. The minimum absolute atomic E-state index is 0.442. The fraction of sp³-hybridized carbons (Fsp3) is 0. The van der Waals surface area contributed by atoms with E-state index < -0.39 is 11.9 Å². The van der Waals surface area contributed by atoms with E-state index in [1.54, 1.807) is 24.5 Å². The van der Waals surface area contributed by atoms with Gasteiger partial charge in [0.2, 0.25) is 5.91 Å². The van der Waals surface area contributed by atoms with Gasteiger partial charge < -0.3 is 11.5 Å². The maximum Gasteiger partial charge on any atom is 0.331 e. The lowest BCUT2D eigenvalue weighted by Crippen LogP contribution is -2.27. The summed E-state index contributed by atoms with van der Waals surface area (Å²) in [5.74, 6) is -0.442. The van der Waals surface area contributed by atoms with Crippen LogP contribution in [0, 0.1) is 0 Å². The lowest BCUT2D eigenvalue weighted by Gasteiger charge is -2.00. The number of nitrogens with two attached hydrogens (primary N) is 2. The standard InChI is InChI=1S/C6H6N6O.C6H6N2O/c7-6(13)11-12-3-10-4-1-8-2-9-5(4)12;7-6(9)5-2-1-3-8-4-5/h1-3H,(H3,7,11,13);1-4H,(H2,7,9). The van der Waals surface area contributed by atoms with Crippen LogP contribution < -0.4 is 16.9 Å². The molecule has 0 bridgehead atoms. The number of amides is 3. The van der Waals surface area contributed by atoms with Crippen LogP contribution in [0.4, 0.5) is 4.79 Å². The van der Waals surface area contributed by atoms with Crippen LogP contribution in [-0.4, -0.2) is 36.6 Å². The predicted octanol–water partition coefficient (Wildman–Crippen LogP) is -0.371. The van der Waals surface area contributed by atoms with Gasteiger partial charge in [0.25, 0.3) is 0 Å². The van der Waals surface area contributed by atoms with E-state index in [0.717, 1.165) is 0 Å². The summed E-state index contributed by atoms with van der Waals surface area (Å²) in [5.41, 5.74) is 13.7. The second kappa shape index (κ2) is 6.74. The van der Waals surface area contributed by atoms with Crippen LogP contribution in [0.5, 0.6) is 0 Å². The maximum absolute atomic E-state index is 10.5. The number of aromatic nitrogens is 5. The molecule has 0 fully saturated rings. The minimum atomic E-state index is -0.669. The van der Waals surface area contributed by atoms with Crippen molar-refractivity contribution in [2.45, 2.75) is 0 Å². The highest BCUT2D eigenvalue weighted by Crippen LogP contribution is 2.04. The van der Waals surface area contributed by atoms with Crippen LogP contribution in [0.2, 0.25) is 0 Å². The van der Waals surface area contributed by atoms with Gasteiger partial charge in [-0.05, 0) is 12.1 Å². The summed E-state index contributed by atoms with van der Waals surface area (Å²) in [7, 11) is 0. The fourth-order valence-corrected chi connectivity index (χ4v) is 1.48. The van der Waals surface area contributed by atoms with Crippen LogP contribution in [-0.2, 0) is 0 Å². The molecule has 0 aromatic carbocycles. The molecular weight excluding hydrogens is 288 g/mol. The third kappa shape index (κ3) is 3.72. The molecule has 0 saturated heterocycles. The highest BCUT2D eigenvalue weighted by atomic mass is 16.2. The van der Waals surface area contributed by atoms with E-state index in [2.05, 4.69) is 25.4 Å². The third-order valence-corrected chi connectivity index (χ3v) is 2.39. The summed E-state index contributed by atoms with van der Waals surface area (Å²) in [4.78, 5) is 36.2. The molecule has 0 aliphatic carbocycles. The molecule has 3 rings (SSSR count). The van der Waals surface area contributed by atoms with Gasteiger partial charge in [-0.15, -0.1) is 0 Å². The molecule has 112 valence electrons. The molecule has 0 atom stereocenters. The first-order valence-corrected chi connectivity index (χ1v) is 5.97. The van der Waals surface area contributed by atoms with Gasteiger partial charge in [-0.25, -0.2) is 29.8 Å². The summed E-state index contributed by atoms with van der Waals surface area (Å²) in [6.45, 7) is 0. The summed E-state index contributed by atoms with van der Waals surface area (Å²) >= 11 is 0. The van der Waals surface area contributed by atoms with E-state index in [1.165, 1.54) is 23.5 Å². The van der Waals surface area contributed by atoms with E-state index >= 15 is 0 Å². The van der Waals surface area contributed by atoms with Crippen molar-refractivity contribution < 1.29 is 9.59 Å². The number of imidazole rings is 1. The second-order valence-corrected chi connectivity index (χ2v) is 3.93. The summed E-state index contributed by atoms with van der Waals surface area (Å²) < 4.78 is 1.33. The molecule has 3 heterocycles. The number of primary amides is 2. The van der Waals surface area contributed by atoms with Gasteiger partial charge in [0.1, 0.15) is 18.2 Å². The van der Waals surface area contributed by atoms with Crippen molar-refractivity contribution in [3.8, 4) is 0 Å². The Morgan fingerprint density at radius 1 is 1.14 bits per heavy atom. The van der Waals surface area contributed by atoms with Crippen molar-refractivity contribution in [3.63, 3.8) is 0 Å². The van der Waals surface area contributed by atoms with Gasteiger partial charge in [-0.2, -0.15) is 0 Å². The van der Waals surface area contributed by atoms with E-state index in [-0.39, 0.29) is 0 Å². The number of carbonyl (C=O) groups excluding carboxylic acids is 2. The van der Waals surface area contributed by atoms with Crippen LogP contribution in [0.25, 0.3) is 11.2 Å². The maximum atomic E-state index is 10.5. The quantitative estimate of drug-likeness (QED) is 0.586. The Kier molecular flexibility index (Phi) is 4.55. The zero-order valence-electron chi connectivity index (χ0n) is 11.2. The normalized spacial score (nSPS) is 9.64. The second-order valence-electron chi connectivity index (χ2n) is 3.93.